The fourth-order valence-corrected chi connectivity index (χ4v) is 2.45. The lowest BCUT2D eigenvalue weighted by molar-refractivity contribution is -0.129. The first-order valence-corrected chi connectivity index (χ1v) is 7.12. The second-order valence-electron chi connectivity index (χ2n) is 6.21. The zero-order chi connectivity index (χ0) is 13.6. The molecule has 1 aliphatic heterocycles. The molecule has 3 N–H and O–H groups in total. The molecule has 0 saturated carbocycles. The Morgan fingerprint density at radius 2 is 2.00 bits per heavy atom. The van der Waals surface area contributed by atoms with Gasteiger partial charge in [0.15, 0.2) is 0 Å². The molecule has 0 atom stereocenters. The van der Waals surface area contributed by atoms with Crippen molar-refractivity contribution in [3.05, 3.63) is 0 Å². The molecule has 0 aromatic heterocycles. The molecule has 1 fully saturated rings. The van der Waals surface area contributed by atoms with Crippen molar-refractivity contribution in [1.82, 2.24) is 10.2 Å². The molecule has 1 heterocycles. The zero-order valence-electron chi connectivity index (χ0n) is 12.2. The number of nitrogens with zero attached hydrogens (tertiary/aromatic N) is 1. The molecule has 106 valence electrons. The molecule has 0 spiro atoms. The molecule has 1 saturated heterocycles. The van der Waals surface area contributed by atoms with Crippen molar-refractivity contribution in [3.8, 4) is 0 Å². The second-order valence-corrected chi connectivity index (χ2v) is 6.21. The minimum atomic E-state index is -0.332. The highest BCUT2D eigenvalue weighted by molar-refractivity contribution is 5.81. The first kappa shape index (κ1) is 15.4. The summed E-state index contributed by atoms with van der Waals surface area (Å²) in [6.07, 6.45) is 4.38. The van der Waals surface area contributed by atoms with Gasteiger partial charge in [-0.2, -0.15) is 0 Å². The fourth-order valence-electron chi connectivity index (χ4n) is 2.45. The number of hydrogen-bond acceptors (Lipinski definition) is 3. The van der Waals surface area contributed by atoms with E-state index in [9.17, 15) is 4.79 Å². The highest BCUT2D eigenvalue weighted by atomic mass is 16.2. The van der Waals surface area contributed by atoms with Gasteiger partial charge in [0.1, 0.15) is 0 Å². The monoisotopic (exact) mass is 255 g/mol. The van der Waals surface area contributed by atoms with E-state index in [-0.39, 0.29) is 11.3 Å². The maximum Gasteiger partial charge on any atom is 0.225 e. The lowest BCUT2D eigenvalue weighted by Crippen LogP contribution is -2.39. The van der Waals surface area contributed by atoms with Crippen LogP contribution in [0.3, 0.4) is 0 Å². The van der Waals surface area contributed by atoms with E-state index in [0.29, 0.717) is 6.54 Å². The molecule has 4 heteroatoms. The van der Waals surface area contributed by atoms with Crippen molar-refractivity contribution in [2.24, 2.45) is 17.1 Å². The van der Waals surface area contributed by atoms with Gasteiger partial charge in [-0.15, -0.1) is 0 Å². The Labute approximate surface area is 111 Å². The van der Waals surface area contributed by atoms with Gasteiger partial charge in [0, 0.05) is 12.0 Å². The number of carbonyl (C=O) groups is 1. The average molecular weight is 255 g/mol. The van der Waals surface area contributed by atoms with Crippen LogP contribution in [0.2, 0.25) is 0 Å². The van der Waals surface area contributed by atoms with Crippen LogP contribution >= 0.6 is 0 Å². The molecule has 0 aliphatic carbocycles. The van der Waals surface area contributed by atoms with Gasteiger partial charge in [-0.25, -0.2) is 0 Å². The minimum Gasteiger partial charge on any atom is -0.356 e. The maximum absolute atomic E-state index is 12.0. The Kier molecular flexibility index (Phi) is 6.09. The molecule has 4 nitrogen and oxygen atoms in total. The summed E-state index contributed by atoms with van der Waals surface area (Å²) in [5.74, 6) is 0.917. The molecule has 0 bridgehead atoms. The van der Waals surface area contributed by atoms with Gasteiger partial charge in [-0.1, -0.05) is 13.8 Å². The van der Waals surface area contributed by atoms with Gasteiger partial charge in [0.25, 0.3) is 0 Å². The van der Waals surface area contributed by atoms with Crippen LogP contribution < -0.4 is 11.1 Å². The molecule has 0 unspecified atom stereocenters. The van der Waals surface area contributed by atoms with Crippen molar-refractivity contribution in [1.29, 1.82) is 0 Å². The summed E-state index contributed by atoms with van der Waals surface area (Å²) in [7, 11) is 2.17. The Morgan fingerprint density at radius 3 is 2.56 bits per heavy atom. The summed E-state index contributed by atoms with van der Waals surface area (Å²) < 4.78 is 0. The van der Waals surface area contributed by atoms with E-state index in [2.05, 4.69) is 17.3 Å². The Hall–Kier alpha value is -0.610. The van der Waals surface area contributed by atoms with E-state index in [4.69, 9.17) is 5.73 Å². The molecule has 0 aromatic carbocycles. The number of nitrogens with one attached hydrogen (secondary N) is 1. The van der Waals surface area contributed by atoms with Crippen molar-refractivity contribution < 1.29 is 4.79 Å². The van der Waals surface area contributed by atoms with Gasteiger partial charge < -0.3 is 16.0 Å². The lowest BCUT2D eigenvalue weighted by Gasteiger charge is -2.29. The van der Waals surface area contributed by atoms with Crippen molar-refractivity contribution >= 4 is 5.91 Å². The van der Waals surface area contributed by atoms with Gasteiger partial charge in [-0.05, 0) is 58.3 Å². The second kappa shape index (κ2) is 7.10. The normalized spacial score (nSPS) is 18.9. The van der Waals surface area contributed by atoms with E-state index in [1.165, 1.54) is 25.9 Å². The van der Waals surface area contributed by atoms with Crippen LogP contribution in [0, 0.1) is 11.3 Å². The molecule has 18 heavy (non-hydrogen) atoms. The maximum atomic E-state index is 12.0. The number of likely N-dealkylation sites (tertiary alicyclic amines) is 1. The van der Waals surface area contributed by atoms with Gasteiger partial charge in [0.05, 0.1) is 0 Å². The third kappa shape index (κ3) is 4.94. The summed E-state index contributed by atoms with van der Waals surface area (Å²) >= 11 is 0. The zero-order valence-corrected chi connectivity index (χ0v) is 12.2. The standard InChI is InChI=1S/C14H29N3O/c1-14(2,7-8-15)13(18)16-9-4-12-5-10-17(3)11-6-12/h12H,4-11,15H2,1-3H3,(H,16,18). The number of carbonyl (C=O) groups excluding carboxylic acids is 1. The quantitative estimate of drug-likeness (QED) is 0.750. The third-order valence-corrected chi connectivity index (χ3v) is 4.06. The van der Waals surface area contributed by atoms with E-state index in [0.717, 1.165) is 25.3 Å². The van der Waals surface area contributed by atoms with Crippen molar-refractivity contribution in [2.75, 3.05) is 33.2 Å². The van der Waals surface area contributed by atoms with Crippen LogP contribution in [0.1, 0.15) is 39.5 Å². The summed E-state index contributed by atoms with van der Waals surface area (Å²) in [4.78, 5) is 14.3. The summed E-state index contributed by atoms with van der Waals surface area (Å²) in [5.41, 5.74) is 5.19. The molecule has 0 radical (unpaired) electrons. The molecular formula is C14H29N3O. The predicted octanol–water partition coefficient (Wildman–Crippen LogP) is 1.21. The summed E-state index contributed by atoms with van der Waals surface area (Å²) in [6.45, 7) is 7.68. The molecule has 1 aliphatic rings. The Balaban J connectivity index is 2.19. The molecular weight excluding hydrogens is 226 g/mol. The summed E-state index contributed by atoms with van der Waals surface area (Å²) in [5, 5.41) is 3.06. The minimum absolute atomic E-state index is 0.140. The Bertz CT molecular complexity index is 258. The molecule has 0 aromatic rings. The van der Waals surface area contributed by atoms with Crippen LogP contribution in [0.15, 0.2) is 0 Å². The number of piperidine rings is 1. The van der Waals surface area contributed by atoms with Gasteiger partial charge in [-0.3, -0.25) is 4.79 Å². The predicted molar refractivity (Wildman–Crippen MR) is 75.3 cm³/mol. The van der Waals surface area contributed by atoms with Crippen LogP contribution in [0.25, 0.3) is 0 Å². The Morgan fingerprint density at radius 1 is 1.39 bits per heavy atom. The van der Waals surface area contributed by atoms with E-state index < -0.39 is 0 Å². The number of nitrogens with two attached hydrogens (primary N) is 1. The first-order valence-electron chi connectivity index (χ1n) is 7.12. The smallest absolute Gasteiger partial charge is 0.225 e. The van der Waals surface area contributed by atoms with Crippen LogP contribution in [-0.4, -0.2) is 44.0 Å². The lowest BCUT2D eigenvalue weighted by atomic mass is 9.88. The first-order chi connectivity index (χ1) is 8.45. The van der Waals surface area contributed by atoms with Crippen LogP contribution in [-0.2, 0) is 4.79 Å². The van der Waals surface area contributed by atoms with Crippen LogP contribution in [0.4, 0.5) is 0 Å². The third-order valence-electron chi connectivity index (χ3n) is 4.06. The van der Waals surface area contributed by atoms with Crippen molar-refractivity contribution in [3.63, 3.8) is 0 Å². The number of hydrogen-bond donors (Lipinski definition) is 2. The largest absolute Gasteiger partial charge is 0.356 e. The highest BCUT2D eigenvalue weighted by Crippen LogP contribution is 2.21. The average Bonchev–Trinajstić information content (AvgIpc) is 2.31. The van der Waals surface area contributed by atoms with Gasteiger partial charge in [0.2, 0.25) is 5.91 Å². The van der Waals surface area contributed by atoms with Crippen molar-refractivity contribution in [2.45, 2.75) is 39.5 Å². The highest BCUT2D eigenvalue weighted by Gasteiger charge is 2.26. The van der Waals surface area contributed by atoms with Gasteiger partial charge >= 0.3 is 0 Å². The van der Waals surface area contributed by atoms with E-state index >= 15 is 0 Å². The topological polar surface area (TPSA) is 58.4 Å². The number of rotatable bonds is 6. The summed E-state index contributed by atoms with van der Waals surface area (Å²) in [6, 6.07) is 0. The molecule has 1 amide bonds. The number of amides is 1. The molecule has 1 rings (SSSR count). The van der Waals surface area contributed by atoms with E-state index in [1.807, 2.05) is 13.8 Å². The van der Waals surface area contributed by atoms with Crippen LogP contribution in [0.5, 0.6) is 0 Å². The SMILES string of the molecule is CN1CCC(CCNC(=O)C(C)(C)CCN)CC1. The fraction of sp³-hybridized carbons (Fsp3) is 0.929. The van der Waals surface area contributed by atoms with E-state index in [1.54, 1.807) is 0 Å².